The van der Waals surface area contributed by atoms with Crippen LogP contribution in [0.1, 0.15) is 6.42 Å². The lowest BCUT2D eigenvalue weighted by atomic mass is 10.3. The molecule has 1 aromatic carbocycles. The molecule has 18 heavy (non-hydrogen) atoms. The summed E-state index contributed by atoms with van der Waals surface area (Å²) in [6.45, 7) is 1.58. The van der Waals surface area contributed by atoms with Crippen LogP contribution < -0.4 is 5.73 Å². The number of nitrogens with two attached hydrogens (primary N) is 1. The summed E-state index contributed by atoms with van der Waals surface area (Å²) in [7, 11) is 0.341. The Morgan fingerprint density at radius 3 is 2.72 bits per heavy atom. The van der Waals surface area contributed by atoms with Crippen molar-refractivity contribution in [1.82, 2.24) is 0 Å². The largest absolute Gasteiger partial charge is 0.399 e. The van der Waals surface area contributed by atoms with Crippen molar-refractivity contribution in [3.8, 4) is 0 Å². The predicted octanol–water partition coefficient (Wildman–Crippen LogP) is 1.57. The summed E-state index contributed by atoms with van der Waals surface area (Å²) in [6.07, 6.45) is 0.802. The van der Waals surface area contributed by atoms with Gasteiger partial charge < -0.3 is 15.2 Å². The van der Waals surface area contributed by atoms with Gasteiger partial charge in [0.15, 0.2) is 0 Å². The molecular formula is C12H18FNO3S. The lowest BCUT2D eigenvalue weighted by Crippen LogP contribution is -2.08. The van der Waals surface area contributed by atoms with E-state index in [9.17, 15) is 8.60 Å². The minimum atomic E-state index is -1.29. The second-order valence-electron chi connectivity index (χ2n) is 3.73. The fourth-order valence-electron chi connectivity index (χ4n) is 1.38. The van der Waals surface area contributed by atoms with Crippen LogP contribution in [0.3, 0.4) is 0 Å². The molecule has 102 valence electrons. The Balaban J connectivity index is 2.32. The van der Waals surface area contributed by atoms with Gasteiger partial charge in [-0.2, -0.15) is 0 Å². The zero-order valence-electron chi connectivity index (χ0n) is 10.4. The van der Waals surface area contributed by atoms with Gasteiger partial charge in [0, 0.05) is 30.9 Å². The van der Waals surface area contributed by atoms with Crippen molar-refractivity contribution in [3.63, 3.8) is 0 Å². The molecular weight excluding hydrogens is 257 g/mol. The fraction of sp³-hybridized carbons (Fsp3) is 0.500. The summed E-state index contributed by atoms with van der Waals surface area (Å²) >= 11 is 0. The second-order valence-corrected chi connectivity index (χ2v) is 5.30. The van der Waals surface area contributed by atoms with Gasteiger partial charge in [0.2, 0.25) is 0 Å². The molecule has 0 aliphatic heterocycles. The Morgan fingerprint density at radius 1 is 1.28 bits per heavy atom. The summed E-state index contributed by atoms with van der Waals surface area (Å²) in [4.78, 5) is 0.396. The van der Waals surface area contributed by atoms with Gasteiger partial charge in [-0.15, -0.1) is 0 Å². The van der Waals surface area contributed by atoms with Gasteiger partial charge in [-0.3, -0.25) is 4.21 Å². The Labute approximate surface area is 109 Å². The molecule has 4 nitrogen and oxygen atoms in total. The van der Waals surface area contributed by atoms with Crippen molar-refractivity contribution < 1.29 is 18.1 Å². The van der Waals surface area contributed by atoms with Crippen LogP contribution in [0, 0.1) is 5.82 Å². The van der Waals surface area contributed by atoms with Crippen molar-refractivity contribution in [2.45, 2.75) is 11.3 Å². The van der Waals surface area contributed by atoms with Gasteiger partial charge in [-0.25, -0.2) is 4.39 Å². The number of halogens is 1. The molecule has 1 atom stereocenters. The minimum absolute atomic E-state index is 0.277. The molecule has 0 fully saturated rings. The van der Waals surface area contributed by atoms with Gasteiger partial charge in [-0.1, -0.05) is 0 Å². The first kappa shape index (κ1) is 15.1. The number of ether oxygens (including phenoxy) is 2. The van der Waals surface area contributed by atoms with Crippen LogP contribution in [0.4, 0.5) is 10.1 Å². The molecule has 0 radical (unpaired) electrons. The number of benzene rings is 1. The maximum atomic E-state index is 13.1. The molecule has 1 aromatic rings. The van der Waals surface area contributed by atoms with E-state index in [0.29, 0.717) is 30.5 Å². The molecule has 0 saturated heterocycles. The maximum absolute atomic E-state index is 13.1. The molecule has 1 rings (SSSR count). The third kappa shape index (κ3) is 5.57. The molecule has 0 bridgehead atoms. The molecule has 0 saturated carbocycles. The molecule has 0 aliphatic carbocycles. The topological polar surface area (TPSA) is 61.5 Å². The smallest absolute Gasteiger partial charge is 0.126 e. The summed E-state index contributed by atoms with van der Waals surface area (Å²) in [6, 6.07) is 3.95. The van der Waals surface area contributed by atoms with Crippen molar-refractivity contribution in [3.05, 3.63) is 24.0 Å². The Hall–Kier alpha value is -0.980. The van der Waals surface area contributed by atoms with Crippen LogP contribution in [0.2, 0.25) is 0 Å². The van der Waals surface area contributed by atoms with Crippen molar-refractivity contribution in [2.75, 3.05) is 38.4 Å². The molecule has 0 aromatic heterocycles. The van der Waals surface area contributed by atoms with Crippen LogP contribution in [0.15, 0.2) is 23.1 Å². The van der Waals surface area contributed by atoms with Gasteiger partial charge in [0.25, 0.3) is 0 Å². The molecule has 0 amide bonds. The lowest BCUT2D eigenvalue weighted by molar-refractivity contribution is 0.112. The molecule has 2 N–H and O–H groups in total. The quantitative estimate of drug-likeness (QED) is 0.578. The summed E-state index contributed by atoms with van der Waals surface area (Å²) in [5.41, 5.74) is 5.76. The average Bonchev–Trinajstić information content (AvgIpc) is 2.32. The van der Waals surface area contributed by atoms with E-state index < -0.39 is 16.6 Å². The zero-order valence-corrected chi connectivity index (χ0v) is 11.2. The van der Waals surface area contributed by atoms with E-state index >= 15 is 0 Å². The Bertz CT molecular complexity index is 381. The number of nitrogen functional groups attached to an aromatic ring is 1. The monoisotopic (exact) mass is 275 g/mol. The van der Waals surface area contributed by atoms with Crippen LogP contribution >= 0.6 is 0 Å². The fourth-order valence-corrected chi connectivity index (χ4v) is 2.39. The zero-order chi connectivity index (χ0) is 13.4. The Morgan fingerprint density at radius 2 is 2.06 bits per heavy atom. The average molecular weight is 275 g/mol. The van der Waals surface area contributed by atoms with Crippen molar-refractivity contribution in [2.24, 2.45) is 0 Å². The number of hydrogen-bond acceptors (Lipinski definition) is 4. The molecule has 6 heteroatoms. The number of anilines is 1. The van der Waals surface area contributed by atoms with Gasteiger partial charge >= 0.3 is 0 Å². The van der Waals surface area contributed by atoms with E-state index in [-0.39, 0.29) is 5.69 Å². The van der Waals surface area contributed by atoms with E-state index in [1.165, 1.54) is 18.2 Å². The molecule has 0 aliphatic rings. The maximum Gasteiger partial charge on any atom is 0.126 e. The number of rotatable bonds is 8. The van der Waals surface area contributed by atoms with E-state index in [1.54, 1.807) is 7.11 Å². The standard InChI is InChI=1S/C12H18FNO3S/c1-16-3-2-4-17-5-6-18(15)12-8-10(13)7-11(14)9-12/h7-9H,2-6,14H2,1H3. The Kier molecular flexibility index (Phi) is 6.85. The first-order valence-electron chi connectivity index (χ1n) is 5.64. The summed E-state index contributed by atoms with van der Waals surface area (Å²) < 4.78 is 35.0. The third-order valence-electron chi connectivity index (χ3n) is 2.21. The first-order chi connectivity index (χ1) is 8.63. The minimum Gasteiger partial charge on any atom is -0.399 e. The van der Waals surface area contributed by atoms with Crippen LogP contribution in [0.5, 0.6) is 0 Å². The lowest BCUT2D eigenvalue weighted by Gasteiger charge is -2.05. The normalized spacial score (nSPS) is 12.6. The van der Waals surface area contributed by atoms with Crippen molar-refractivity contribution >= 4 is 16.5 Å². The summed E-state index contributed by atoms with van der Waals surface area (Å²) in [5.74, 6) is -0.144. The van der Waals surface area contributed by atoms with Crippen LogP contribution in [0.25, 0.3) is 0 Å². The highest BCUT2D eigenvalue weighted by Gasteiger charge is 2.06. The third-order valence-corrected chi connectivity index (χ3v) is 3.51. The predicted molar refractivity (Wildman–Crippen MR) is 69.4 cm³/mol. The van der Waals surface area contributed by atoms with E-state index in [2.05, 4.69) is 0 Å². The molecule has 1 unspecified atom stereocenters. The van der Waals surface area contributed by atoms with Gasteiger partial charge in [0.1, 0.15) is 5.82 Å². The van der Waals surface area contributed by atoms with Gasteiger partial charge in [-0.05, 0) is 24.6 Å². The highest BCUT2D eigenvalue weighted by Crippen LogP contribution is 2.14. The highest BCUT2D eigenvalue weighted by atomic mass is 32.2. The molecule has 0 heterocycles. The van der Waals surface area contributed by atoms with Crippen molar-refractivity contribution in [1.29, 1.82) is 0 Å². The van der Waals surface area contributed by atoms with Crippen LogP contribution in [-0.4, -0.2) is 36.9 Å². The summed E-state index contributed by atoms with van der Waals surface area (Å²) in [5, 5.41) is 0. The van der Waals surface area contributed by atoms with E-state index in [1.807, 2.05) is 0 Å². The first-order valence-corrected chi connectivity index (χ1v) is 6.96. The SMILES string of the molecule is COCCCOCCS(=O)c1cc(N)cc(F)c1. The molecule has 0 spiro atoms. The number of hydrogen-bond donors (Lipinski definition) is 1. The van der Waals surface area contributed by atoms with E-state index in [0.717, 1.165) is 6.42 Å². The van der Waals surface area contributed by atoms with Gasteiger partial charge in [0.05, 0.1) is 23.2 Å². The number of methoxy groups -OCH3 is 1. The second kappa shape index (κ2) is 8.18. The van der Waals surface area contributed by atoms with Crippen LogP contribution in [-0.2, 0) is 20.3 Å². The highest BCUT2D eigenvalue weighted by molar-refractivity contribution is 7.85. The van der Waals surface area contributed by atoms with E-state index in [4.69, 9.17) is 15.2 Å².